The highest BCUT2D eigenvalue weighted by molar-refractivity contribution is 5.99. The third-order valence-electron chi connectivity index (χ3n) is 4.27. The van der Waals surface area contributed by atoms with Gasteiger partial charge in [0.2, 0.25) is 0 Å². The number of nitriles is 1. The number of carbonyl (C=O) groups is 1. The van der Waals surface area contributed by atoms with Crippen LogP contribution in [0.25, 0.3) is 11.3 Å². The summed E-state index contributed by atoms with van der Waals surface area (Å²) in [6, 6.07) is 12.1. The zero-order chi connectivity index (χ0) is 21.2. The molecule has 2 amide bonds. The summed E-state index contributed by atoms with van der Waals surface area (Å²) in [6.07, 6.45) is 0. The van der Waals surface area contributed by atoms with Gasteiger partial charge < -0.3 is 15.6 Å². The number of rotatable bonds is 3. The smallest absolute Gasteiger partial charge is 0.324 e. The quantitative estimate of drug-likeness (QED) is 0.606. The summed E-state index contributed by atoms with van der Waals surface area (Å²) in [7, 11) is 0. The van der Waals surface area contributed by atoms with Gasteiger partial charge in [0.05, 0.1) is 22.6 Å². The fourth-order valence-corrected chi connectivity index (χ4v) is 2.68. The number of aromatic nitrogens is 2. The first kappa shape index (κ1) is 19.9. The molecule has 0 radical (unpaired) electrons. The molecule has 0 fully saturated rings. The van der Waals surface area contributed by atoms with Crippen molar-refractivity contribution < 1.29 is 9.32 Å². The van der Waals surface area contributed by atoms with Crippen LogP contribution < -0.4 is 16.4 Å². The van der Waals surface area contributed by atoms with Crippen LogP contribution in [0, 0.1) is 18.3 Å². The molecular formula is C21H22N6O2. The molecule has 148 valence electrons. The third-order valence-corrected chi connectivity index (χ3v) is 4.27. The van der Waals surface area contributed by atoms with Crippen LogP contribution in [0.15, 0.2) is 40.9 Å². The molecule has 0 spiro atoms. The third kappa shape index (κ3) is 4.52. The molecule has 0 saturated heterocycles. The summed E-state index contributed by atoms with van der Waals surface area (Å²) in [5.74, 6) is 1.03. The second-order valence-electron chi connectivity index (χ2n) is 7.65. The van der Waals surface area contributed by atoms with Gasteiger partial charge >= 0.3 is 6.03 Å². The second kappa shape index (κ2) is 7.64. The maximum Gasteiger partial charge on any atom is 0.324 e. The normalized spacial score (nSPS) is 11.0. The summed E-state index contributed by atoms with van der Waals surface area (Å²) in [5.41, 5.74) is 9.16. The van der Waals surface area contributed by atoms with Gasteiger partial charge in [0.15, 0.2) is 5.82 Å². The van der Waals surface area contributed by atoms with Crippen molar-refractivity contribution in [1.29, 1.82) is 5.26 Å². The van der Waals surface area contributed by atoms with Crippen molar-refractivity contribution >= 4 is 23.2 Å². The van der Waals surface area contributed by atoms with Crippen LogP contribution in [0.2, 0.25) is 0 Å². The number of nitrogens with two attached hydrogens (primary N) is 1. The summed E-state index contributed by atoms with van der Waals surface area (Å²) in [5, 5.41) is 18.3. The van der Waals surface area contributed by atoms with Crippen LogP contribution in [-0.4, -0.2) is 16.2 Å². The summed E-state index contributed by atoms with van der Waals surface area (Å²) in [6.45, 7) is 7.73. The minimum Gasteiger partial charge on any atom is -0.398 e. The highest BCUT2D eigenvalue weighted by Crippen LogP contribution is 2.26. The maximum atomic E-state index is 12.2. The van der Waals surface area contributed by atoms with E-state index in [1.165, 1.54) is 0 Å². The van der Waals surface area contributed by atoms with Crippen molar-refractivity contribution in [1.82, 2.24) is 10.1 Å². The van der Waals surface area contributed by atoms with E-state index in [9.17, 15) is 4.79 Å². The van der Waals surface area contributed by atoms with Gasteiger partial charge in [-0.25, -0.2) is 4.79 Å². The van der Waals surface area contributed by atoms with Crippen molar-refractivity contribution in [3.63, 3.8) is 0 Å². The SMILES string of the molecule is Cc1nc(-c2ccc(NC(=O)Nc3cc(C(C)(C)C)on3)cc2)cc(N)c1C#N. The highest BCUT2D eigenvalue weighted by Gasteiger charge is 2.20. The number of hydrogen-bond acceptors (Lipinski definition) is 6. The number of hydrogen-bond donors (Lipinski definition) is 3. The van der Waals surface area contributed by atoms with E-state index in [-0.39, 0.29) is 5.41 Å². The van der Waals surface area contributed by atoms with Crippen LogP contribution in [-0.2, 0) is 5.41 Å². The fraction of sp³-hybridized carbons (Fsp3) is 0.238. The first-order valence-electron chi connectivity index (χ1n) is 9.00. The molecule has 1 aromatic carbocycles. The van der Waals surface area contributed by atoms with E-state index in [1.807, 2.05) is 39.0 Å². The first-order chi connectivity index (χ1) is 13.7. The zero-order valence-electron chi connectivity index (χ0n) is 16.7. The number of anilines is 3. The monoisotopic (exact) mass is 390 g/mol. The molecule has 0 atom stereocenters. The molecule has 0 aliphatic rings. The Bertz CT molecular complexity index is 1060. The second-order valence-corrected chi connectivity index (χ2v) is 7.65. The lowest BCUT2D eigenvalue weighted by molar-refractivity contribution is 0.262. The van der Waals surface area contributed by atoms with E-state index in [2.05, 4.69) is 20.8 Å². The summed E-state index contributed by atoms with van der Waals surface area (Å²) < 4.78 is 5.25. The Balaban J connectivity index is 1.69. The van der Waals surface area contributed by atoms with Gasteiger partial charge in [-0.3, -0.25) is 10.3 Å². The number of nitrogen functional groups attached to an aromatic ring is 1. The molecule has 0 aliphatic carbocycles. The predicted molar refractivity (Wildman–Crippen MR) is 111 cm³/mol. The lowest BCUT2D eigenvalue weighted by Gasteiger charge is -2.12. The molecule has 2 heterocycles. The van der Waals surface area contributed by atoms with Crippen molar-refractivity contribution in [3.8, 4) is 17.3 Å². The van der Waals surface area contributed by atoms with Crippen LogP contribution in [0.5, 0.6) is 0 Å². The van der Waals surface area contributed by atoms with Crippen molar-refractivity contribution in [2.45, 2.75) is 33.1 Å². The number of amides is 2. The minimum atomic E-state index is -0.428. The Kier molecular flexibility index (Phi) is 5.24. The lowest BCUT2D eigenvalue weighted by Crippen LogP contribution is -2.19. The molecule has 0 bridgehead atoms. The van der Waals surface area contributed by atoms with Gasteiger partial charge in [0.1, 0.15) is 11.8 Å². The molecule has 2 aromatic heterocycles. The van der Waals surface area contributed by atoms with Gasteiger partial charge in [-0.1, -0.05) is 38.1 Å². The van der Waals surface area contributed by atoms with Crippen molar-refractivity contribution in [3.05, 3.63) is 53.4 Å². The minimum absolute atomic E-state index is 0.194. The Morgan fingerprint density at radius 3 is 2.41 bits per heavy atom. The van der Waals surface area contributed by atoms with Crippen LogP contribution >= 0.6 is 0 Å². The van der Waals surface area contributed by atoms with Crippen LogP contribution in [0.3, 0.4) is 0 Å². The number of carbonyl (C=O) groups excluding carboxylic acids is 1. The fourth-order valence-electron chi connectivity index (χ4n) is 2.68. The Morgan fingerprint density at radius 1 is 1.17 bits per heavy atom. The maximum absolute atomic E-state index is 12.2. The molecule has 0 unspecified atom stereocenters. The van der Waals surface area contributed by atoms with Gasteiger partial charge in [0, 0.05) is 22.7 Å². The average molecular weight is 390 g/mol. The molecule has 3 aromatic rings. The summed E-state index contributed by atoms with van der Waals surface area (Å²) in [4.78, 5) is 16.6. The summed E-state index contributed by atoms with van der Waals surface area (Å²) >= 11 is 0. The largest absolute Gasteiger partial charge is 0.398 e. The van der Waals surface area contributed by atoms with E-state index in [1.54, 1.807) is 31.2 Å². The number of nitrogens with one attached hydrogen (secondary N) is 2. The molecular weight excluding hydrogens is 368 g/mol. The molecule has 0 saturated carbocycles. The topological polar surface area (TPSA) is 130 Å². The van der Waals surface area contributed by atoms with Gasteiger partial charge in [-0.05, 0) is 25.1 Å². The zero-order valence-corrected chi connectivity index (χ0v) is 16.7. The Hall–Kier alpha value is -3.86. The predicted octanol–water partition coefficient (Wildman–Crippen LogP) is 4.44. The highest BCUT2D eigenvalue weighted by atomic mass is 16.5. The van der Waals surface area contributed by atoms with E-state index >= 15 is 0 Å². The van der Waals surface area contributed by atoms with Gasteiger partial charge in [0.25, 0.3) is 0 Å². The molecule has 3 rings (SSSR count). The van der Waals surface area contributed by atoms with E-state index in [0.717, 1.165) is 5.56 Å². The lowest BCUT2D eigenvalue weighted by atomic mass is 9.93. The molecule has 4 N–H and O–H groups in total. The van der Waals surface area contributed by atoms with Gasteiger partial charge in [-0.15, -0.1) is 0 Å². The number of urea groups is 1. The van der Waals surface area contributed by atoms with Crippen LogP contribution in [0.1, 0.15) is 37.8 Å². The molecule has 29 heavy (non-hydrogen) atoms. The van der Waals surface area contributed by atoms with E-state index in [4.69, 9.17) is 15.5 Å². The van der Waals surface area contributed by atoms with Crippen molar-refractivity contribution in [2.75, 3.05) is 16.4 Å². The Labute approximate surface area is 168 Å². The number of pyridine rings is 1. The van der Waals surface area contributed by atoms with Crippen LogP contribution in [0.4, 0.5) is 22.0 Å². The number of aryl methyl sites for hydroxylation is 1. The Morgan fingerprint density at radius 2 is 1.86 bits per heavy atom. The van der Waals surface area contributed by atoms with Crippen molar-refractivity contribution in [2.24, 2.45) is 0 Å². The van der Waals surface area contributed by atoms with Gasteiger partial charge in [-0.2, -0.15) is 5.26 Å². The molecule has 8 heteroatoms. The first-order valence-corrected chi connectivity index (χ1v) is 9.00. The number of benzene rings is 1. The van der Waals surface area contributed by atoms with E-state index in [0.29, 0.717) is 39.9 Å². The standard InChI is InChI=1S/C21H22N6O2/c1-12-15(11-22)16(23)9-17(24-12)13-5-7-14(8-6-13)25-20(28)26-19-10-18(29-27-19)21(2,3)4/h5-10H,1-4H3,(H2,23,24)(H2,25,26,27,28). The molecule has 8 nitrogen and oxygen atoms in total. The van der Waals surface area contributed by atoms with E-state index < -0.39 is 6.03 Å². The molecule has 0 aliphatic heterocycles. The average Bonchev–Trinajstić information content (AvgIpc) is 3.11. The number of nitrogens with zero attached hydrogens (tertiary/aromatic N) is 3.